The van der Waals surface area contributed by atoms with E-state index < -0.39 is 5.92 Å². The van der Waals surface area contributed by atoms with Gasteiger partial charge in [-0.05, 0) is 55.8 Å². The van der Waals surface area contributed by atoms with Crippen LogP contribution >= 0.6 is 0 Å². The van der Waals surface area contributed by atoms with Crippen LogP contribution in [0.3, 0.4) is 0 Å². The minimum absolute atomic E-state index is 0.264. The van der Waals surface area contributed by atoms with Crippen molar-refractivity contribution in [2.45, 2.75) is 19.3 Å². The van der Waals surface area contributed by atoms with E-state index in [1.54, 1.807) is 39.5 Å². The van der Waals surface area contributed by atoms with Gasteiger partial charge in [-0.25, -0.2) is 9.97 Å². The van der Waals surface area contributed by atoms with Crippen molar-refractivity contribution >= 4 is 23.2 Å². The van der Waals surface area contributed by atoms with Gasteiger partial charge < -0.3 is 14.2 Å². The van der Waals surface area contributed by atoms with Crippen molar-refractivity contribution in [3.63, 3.8) is 0 Å². The summed E-state index contributed by atoms with van der Waals surface area (Å²) in [5, 5.41) is 0. The molecule has 0 saturated heterocycles. The average Bonchev–Trinajstić information content (AvgIpc) is 2.93. The van der Waals surface area contributed by atoms with E-state index >= 15 is 0 Å². The highest BCUT2D eigenvalue weighted by molar-refractivity contribution is 5.81. The summed E-state index contributed by atoms with van der Waals surface area (Å²) in [6.45, 7) is 2.06. The second-order valence-electron chi connectivity index (χ2n) is 7.99. The van der Waals surface area contributed by atoms with Crippen LogP contribution in [0.1, 0.15) is 24.0 Å². The molecule has 184 valence electrons. The van der Waals surface area contributed by atoms with E-state index in [9.17, 15) is 4.79 Å². The Morgan fingerprint density at radius 2 is 1.58 bits per heavy atom. The molecule has 0 bridgehead atoms. The first-order chi connectivity index (χ1) is 17.7. The largest absolute Gasteiger partial charge is 0.497 e. The molecule has 1 aromatic heterocycles. The van der Waals surface area contributed by atoms with Crippen molar-refractivity contribution in [3.05, 3.63) is 103 Å². The summed E-state index contributed by atoms with van der Waals surface area (Å²) in [6.07, 6.45) is 3.57. The summed E-state index contributed by atoms with van der Waals surface area (Å²) in [7, 11) is 3.17. The van der Waals surface area contributed by atoms with Crippen molar-refractivity contribution in [2.75, 3.05) is 25.7 Å². The number of hydrogen-bond acceptors (Lipinski definition) is 7. The van der Waals surface area contributed by atoms with Gasteiger partial charge in [-0.3, -0.25) is 9.69 Å². The van der Waals surface area contributed by atoms with E-state index in [-0.39, 0.29) is 12.6 Å². The lowest BCUT2D eigenvalue weighted by Crippen LogP contribution is -2.21. The number of carbonyl (C=O) groups excluding carboxylic acids is 1. The fourth-order valence-electron chi connectivity index (χ4n) is 4.14. The van der Waals surface area contributed by atoms with E-state index in [1.165, 1.54) is 6.33 Å². The molecule has 1 heterocycles. The fourth-order valence-corrected chi connectivity index (χ4v) is 4.14. The second-order valence-corrected chi connectivity index (χ2v) is 7.99. The van der Waals surface area contributed by atoms with Crippen molar-refractivity contribution in [2.24, 2.45) is 0 Å². The van der Waals surface area contributed by atoms with Crippen LogP contribution in [0.15, 0.2) is 91.4 Å². The Kier molecular flexibility index (Phi) is 8.13. The molecule has 3 aromatic carbocycles. The van der Waals surface area contributed by atoms with Crippen LogP contribution in [0.2, 0.25) is 0 Å². The van der Waals surface area contributed by atoms with Crippen LogP contribution < -0.4 is 14.4 Å². The molecule has 4 aromatic rings. The Hall–Kier alpha value is -4.39. The third-order valence-corrected chi connectivity index (χ3v) is 5.81. The van der Waals surface area contributed by atoms with Gasteiger partial charge in [-0.15, -0.1) is 0 Å². The van der Waals surface area contributed by atoms with Gasteiger partial charge >= 0.3 is 5.97 Å². The van der Waals surface area contributed by atoms with Crippen LogP contribution in [-0.4, -0.2) is 36.8 Å². The van der Waals surface area contributed by atoms with Crippen molar-refractivity contribution in [3.8, 4) is 11.5 Å². The van der Waals surface area contributed by atoms with Gasteiger partial charge in [0, 0.05) is 28.7 Å². The summed E-state index contributed by atoms with van der Waals surface area (Å²) < 4.78 is 16.5. The maximum Gasteiger partial charge on any atom is 0.313 e. The third kappa shape index (κ3) is 5.46. The predicted octanol–water partition coefficient (Wildman–Crippen LogP) is 5.85. The third-order valence-electron chi connectivity index (χ3n) is 5.81. The number of aromatic nitrogens is 2. The van der Waals surface area contributed by atoms with Gasteiger partial charge in [0.15, 0.2) is 0 Å². The zero-order valence-corrected chi connectivity index (χ0v) is 20.6. The molecule has 36 heavy (non-hydrogen) atoms. The van der Waals surface area contributed by atoms with Gasteiger partial charge in [0.05, 0.1) is 26.7 Å². The Morgan fingerprint density at radius 3 is 2.17 bits per heavy atom. The molecule has 1 unspecified atom stereocenters. The maximum atomic E-state index is 13.3. The predicted molar refractivity (Wildman–Crippen MR) is 139 cm³/mol. The lowest BCUT2D eigenvalue weighted by Gasteiger charge is -2.27. The SMILES string of the molecule is CCOC(=O)C(Cc1cncnc1N(c1ccccc1)c1ccccc1)c1cc(OC)ccc1OC. The number of hydrogen-bond donors (Lipinski definition) is 0. The van der Waals surface area contributed by atoms with Crippen LogP contribution in [0.5, 0.6) is 11.5 Å². The Morgan fingerprint density at radius 1 is 0.917 bits per heavy atom. The molecule has 1 atom stereocenters. The van der Waals surface area contributed by atoms with Gasteiger partial charge in [0.25, 0.3) is 0 Å². The molecule has 0 radical (unpaired) electrons. The highest BCUT2D eigenvalue weighted by Crippen LogP contribution is 2.38. The van der Waals surface area contributed by atoms with Crippen molar-refractivity contribution < 1.29 is 19.0 Å². The summed E-state index contributed by atoms with van der Waals surface area (Å²) in [5.41, 5.74) is 3.34. The first-order valence-corrected chi connectivity index (χ1v) is 11.7. The number of esters is 1. The quantitative estimate of drug-likeness (QED) is 0.262. The number of rotatable bonds is 10. The first-order valence-electron chi connectivity index (χ1n) is 11.7. The van der Waals surface area contributed by atoms with Crippen LogP contribution in [0.25, 0.3) is 0 Å². The summed E-state index contributed by atoms with van der Waals surface area (Å²) in [6, 6.07) is 25.4. The van der Waals surface area contributed by atoms with E-state index in [4.69, 9.17) is 14.2 Å². The number of methoxy groups -OCH3 is 2. The molecule has 0 saturated carbocycles. The number of anilines is 3. The molecule has 0 N–H and O–H groups in total. The second kappa shape index (κ2) is 11.8. The van der Waals surface area contributed by atoms with E-state index in [0.29, 0.717) is 29.3 Å². The fraction of sp³-hybridized carbons (Fsp3) is 0.207. The molecule has 0 aliphatic rings. The number of benzene rings is 3. The van der Waals surface area contributed by atoms with E-state index in [1.807, 2.05) is 66.7 Å². The number of nitrogens with zero attached hydrogens (tertiary/aromatic N) is 3. The Bertz CT molecular complexity index is 1240. The van der Waals surface area contributed by atoms with E-state index in [0.717, 1.165) is 16.9 Å². The molecule has 0 aliphatic carbocycles. The van der Waals surface area contributed by atoms with Gasteiger partial charge in [0.2, 0.25) is 0 Å². The summed E-state index contributed by atoms with van der Waals surface area (Å²) in [5.74, 6) is 0.867. The standard InChI is InChI=1S/C29H29N3O4/c1-4-36-29(33)26(25-18-24(34-2)15-16-27(25)35-3)17-21-19-30-20-31-28(21)32(22-11-7-5-8-12-22)23-13-9-6-10-14-23/h5-16,18-20,26H,4,17H2,1-3H3. The van der Waals surface area contributed by atoms with Crippen molar-refractivity contribution in [1.29, 1.82) is 0 Å². The minimum Gasteiger partial charge on any atom is -0.497 e. The van der Waals surface area contributed by atoms with Crippen LogP contribution in [-0.2, 0) is 16.0 Å². The lowest BCUT2D eigenvalue weighted by molar-refractivity contribution is -0.145. The molecule has 0 amide bonds. The molecular weight excluding hydrogens is 454 g/mol. The number of ether oxygens (including phenoxy) is 3. The molecular formula is C29H29N3O4. The maximum absolute atomic E-state index is 13.3. The summed E-state index contributed by atoms with van der Waals surface area (Å²) >= 11 is 0. The number of carbonyl (C=O) groups is 1. The van der Waals surface area contributed by atoms with Crippen LogP contribution in [0.4, 0.5) is 17.2 Å². The topological polar surface area (TPSA) is 73.8 Å². The van der Waals surface area contributed by atoms with Crippen LogP contribution in [0, 0.1) is 0 Å². The zero-order valence-electron chi connectivity index (χ0n) is 20.6. The molecule has 0 aliphatic heterocycles. The Balaban J connectivity index is 1.83. The van der Waals surface area contributed by atoms with Gasteiger partial charge in [0.1, 0.15) is 23.6 Å². The Labute approximate surface area is 211 Å². The van der Waals surface area contributed by atoms with E-state index in [2.05, 4.69) is 14.9 Å². The molecule has 7 nitrogen and oxygen atoms in total. The average molecular weight is 484 g/mol. The first kappa shape index (κ1) is 24.7. The monoisotopic (exact) mass is 483 g/mol. The molecule has 7 heteroatoms. The summed E-state index contributed by atoms with van der Waals surface area (Å²) in [4.78, 5) is 24.3. The van der Waals surface area contributed by atoms with Gasteiger partial charge in [-0.2, -0.15) is 0 Å². The molecule has 0 fully saturated rings. The molecule has 4 rings (SSSR count). The molecule has 0 spiro atoms. The van der Waals surface area contributed by atoms with Gasteiger partial charge in [-0.1, -0.05) is 36.4 Å². The minimum atomic E-state index is -0.659. The zero-order chi connectivity index (χ0) is 25.3. The normalized spacial score (nSPS) is 11.4. The number of para-hydroxylation sites is 2. The highest BCUT2D eigenvalue weighted by Gasteiger charge is 2.29. The smallest absolute Gasteiger partial charge is 0.313 e. The lowest BCUT2D eigenvalue weighted by atomic mass is 9.91. The van der Waals surface area contributed by atoms with Crippen molar-refractivity contribution in [1.82, 2.24) is 9.97 Å². The highest BCUT2D eigenvalue weighted by atomic mass is 16.5.